The molecule has 0 radical (unpaired) electrons. The van der Waals surface area contributed by atoms with Crippen molar-refractivity contribution in [1.29, 1.82) is 0 Å². The van der Waals surface area contributed by atoms with Gasteiger partial charge in [-0.05, 0) is 17.7 Å². The van der Waals surface area contributed by atoms with E-state index in [0.29, 0.717) is 5.56 Å². The Labute approximate surface area is 142 Å². The van der Waals surface area contributed by atoms with Gasteiger partial charge in [0.1, 0.15) is 6.04 Å². The van der Waals surface area contributed by atoms with Gasteiger partial charge in [-0.15, -0.1) is 0 Å². The molecule has 0 saturated heterocycles. The lowest BCUT2D eigenvalue weighted by atomic mass is 10.0. The number of carbonyl (C=O) groups excluding carboxylic acids is 1. The highest BCUT2D eigenvalue weighted by molar-refractivity contribution is 6.33. The molecule has 0 aromatic heterocycles. The summed E-state index contributed by atoms with van der Waals surface area (Å²) in [7, 11) is 0. The molecule has 0 fully saturated rings. The second-order valence-electron chi connectivity index (χ2n) is 4.97. The molecule has 2 rings (SSSR count). The van der Waals surface area contributed by atoms with Crippen LogP contribution in [0.1, 0.15) is 15.9 Å². The lowest BCUT2D eigenvalue weighted by molar-refractivity contribution is -0.384. The van der Waals surface area contributed by atoms with E-state index in [2.05, 4.69) is 5.32 Å². The van der Waals surface area contributed by atoms with Crippen LogP contribution < -0.4 is 5.32 Å². The first-order valence-corrected chi connectivity index (χ1v) is 7.28. The van der Waals surface area contributed by atoms with E-state index in [1.165, 1.54) is 36.4 Å². The third-order valence-electron chi connectivity index (χ3n) is 3.31. The maximum Gasteiger partial charge on any atom is 0.326 e. The second-order valence-corrected chi connectivity index (χ2v) is 5.38. The minimum absolute atomic E-state index is 0.0104. The third kappa shape index (κ3) is 4.30. The van der Waals surface area contributed by atoms with E-state index in [1.807, 2.05) is 0 Å². The molecular weight excluding hydrogens is 336 g/mol. The highest BCUT2D eigenvalue weighted by atomic mass is 35.5. The number of carbonyl (C=O) groups is 2. The molecule has 2 aromatic carbocycles. The van der Waals surface area contributed by atoms with Crippen LogP contribution in [-0.4, -0.2) is 27.9 Å². The molecule has 0 aliphatic rings. The molecular formula is C16H13ClN2O5. The maximum absolute atomic E-state index is 12.2. The van der Waals surface area contributed by atoms with Crippen molar-refractivity contribution >= 4 is 29.2 Å². The number of carboxylic acids is 1. The van der Waals surface area contributed by atoms with Crippen LogP contribution in [0.25, 0.3) is 0 Å². The number of halogens is 1. The zero-order chi connectivity index (χ0) is 17.7. The molecule has 0 aliphatic heterocycles. The standard InChI is InChI=1S/C16H13ClN2O5/c17-13-4-2-1-3-12(13)15(20)18-14(16(21)22)9-10-5-7-11(8-6-10)19(23)24/h1-8,14H,9H2,(H,18,20)(H,21,22)/t14-/m0/s1. The fourth-order valence-electron chi connectivity index (χ4n) is 2.07. The third-order valence-corrected chi connectivity index (χ3v) is 3.64. The van der Waals surface area contributed by atoms with Gasteiger partial charge in [0.25, 0.3) is 11.6 Å². The van der Waals surface area contributed by atoms with Crippen molar-refractivity contribution in [2.75, 3.05) is 0 Å². The Morgan fingerprint density at radius 3 is 2.33 bits per heavy atom. The number of aliphatic carboxylic acids is 1. The summed E-state index contributed by atoms with van der Waals surface area (Å²) in [4.78, 5) is 33.6. The van der Waals surface area contributed by atoms with Crippen LogP contribution in [-0.2, 0) is 11.2 Å². The Morgan fingerprint density at radius 1 is 1.17 bits per heavy atom. The van der Waals surface area contributed by atoms with Gasteiger partial charge in [-0.1, -0.05) is 35.9 Å². The first-order valence-electron chi connectivity index (χ1n) is 6.90. The van der Waals surface area contributed by atoms with Crippen molar-refractivity contribution in [2.45, 2.75) is 12.5 Å². The monoisotopic (exact) mass is 348 g/mol. The largest absolute Gasteiger partial charge is 0.480 e. The number of nitro groups is 1. The van der Waals surface area contributed by atoms with Crippen LogP contribution in [0.5, 0.6) is 0 Å². The van der Waals surface area contributed by atoms with Gasteiger partial charge in [-0.3, -0.25) is 14.9 Å². The van der Waals surface area contributed by atoms with Gasteiger partial charge in [0, 0.05) is 18.6 Å². The first kappa shape index (κ1) is 17.4. The molecule has 0 bridgehead atoms. The van der Waals surface area contributed by atoms with Gasteiger partial charge in [-0.2, -0.15) is 0 Å². The number of nitro benzene ring substituents is 1. The number of nitrogens with one attached hydrogen (secondary N) is 1. The Bertz CT molecular complexity index is 776. The summed E-state index contributed by atoms with van der Waals surface area (Å²) < 4.78 is 0. The first-order chi connectivity index (χ1) is 11.4. The minimum Gasteiger partial charge on any atom is -0.480 e. The highest BCUT2D eigenvalue weighted by Crippen LogP contribution is 2.16. The van der Waals surface area contributed by atoms with E-state index in [9.17, 15) is 24.8 Å². The summed E-state index contributed by atoms with van der Waals surface area (Å²) in [5.74, 6) is -1.82. The van der Waals surface area contributed by atoms with Crippen molar-refractivity contribution in [1.82, 2.24) is 5.32 Å². The van der Waals surface area contributed by atoms with Crippen LogP contribution in [0, 0.1) is 10.1 Å². The molecule has 2 aromatic rings. The van der Waals surface area contributed by atoms with Crippen LogP contribution in [0.15, 0.2) is 48.5 Å². The topological polar surface area (TPSA) is 110 Å². The summed E-state index contributed by atoms with van der Waals surface area (Å²) in [6.07, 6.45) is -0.0104. The van der Waals surface area contributed by atoms with Gasteiger partial charge in [-0.25, -0.2) is 4.79 Å². The van der Waals surface area contributed by atoms with Gasteiger partial charge in [0.2, 0.25) is 0 Å². The molecule has 1 amide bonds. The summed E-state index contributed by atoms with van der Waals surface area (Å²) in [5, 5.41) is 22.5. The van der Waals surface area contributed by atoms with Gasteiger partial charge in [0.15, 0.2) is 0 Å². The number of hydrogen-bond acceptors (Lipinski definition) is 4. The Balaban J connectivity index is 2.12. The number of rotatable bonds is 6. The normalized spacial score (nSPS) is 11.5. The molecule has 2 N–H and O–H groups in total. The summed E-state index contributed by atoms with van der Waals surface area (Å²) >= 11 is 5.92. The smallest absolute Gasteiger partial charge is 0.326 e. The molecule has 124 valence electrons. The number of non-ortho nitro benzene ring substituents is 1. The van der Waals surface area contributed by atoms with Crippen molar-refractivity contribution in [3.8, 4) is 0 Å². The lowest BCUT2D eigenvalue weighted by Crippen LogP contribution is -2.42. The molecule has 0 aliphatic carbocycles. The van der Waals surface area contributed by atoms with Gasteiger partial charge in [0.05, 0.1) is 15.5 Å². The quantitative estimate of drug-likeness (QED) is 0.616. The van der Waals surface area contributed by atoms with Crippen molar-refractivity contribution in [3.05, 3.63) is 74.8 Å². The number of carboxylic acid groups (broad SMARTS) is 1. The zero-order valence-electron chi connectivity index (χ0n) is 12.3. The summed E-state index contributed by atoms with van der Waals surface area (Å²) in [5.41, 5.74) is 0.632. The van der Waals surface area contributed by atoms with Crippen molar-refractivity contribution in [2.24, 2.45) is 0 Å². The molecule has 0 unspecified atom stereocenters. The van der Waals surface area contributed by atoms with E-state index in [-0.39, 0.29) is 22.7 Å². The summed E-state index contributed by atoms with van der Waals surface area (Å²) in [6, 6.07) is 10.6. The average molecular weight is 349 g/mol. The number of benzene rings is 2. The number of hydrogen-bond donors (Lipinski definition) is 2. The zero-order valence-corrected chi connectivity index (χ0v) is 13.1. The molecule has 0 saturated carbocycles. The Kier molecular flexibility index (Phi) is 5.49. The molecule has 24 heavy (non-hydrogen) atoms. The lowest BCUT2D eigenvalue weighted by Gasteiger charge is -2.15. The number of nitrogens with zero attached hydrogens (tertiary/aromatic N) is 1. The van der Waals surface area contributed by atoms with E-state index in [4.69, 9.17) is 11.6 Å². The van der Waals surface area contributed by atoms with E-state index in [0.717, 1.165) is 0 Å². The predicted octanol–water partition coefficient (Wildman–Crippen LogP) is 2.67. The second kappa shape index (κ2) is 7.56. The molecule has 0 heterocycles. The van der Waals surface area contributed by atoms with Crippen molar-refractivity contribution in [3.63, 3.8) is 0 Å². The fourth-order valence-corrected chi connectivity index (χ4v) is 2.29. The predicted molar refractivity (Wildman–Crippen MR) is 87.1 cm³/mol. The molecule has 0 spiro atoms. The SMILES string of the molecule is O=C(N[C@@H](Cc1ccc([N+](=O)[O-])cc1)C(=O)O)c1ccccc1Cl. The maximum atomic E-state index is 12.2. The summed E-state index contributed by atoms with van der Waals surface area (Å²) in [6.45, 7) is 0. The van der Waals surface area contributed by atoms with E-state index >= 15 is 0 Å². The average Bonchev–Trinajstić information content (AvgIpc) is 2.54. The molecule has 8 heteroatoms. The van der Waals surface area contributed by atoms with Crippen LogP contribution >= 0.6 is 11.6 Å². The van der Waals surface area contributed by atoms with Crippen molar-refractivity contribution < 1.29 is 19.6 Å². The van der Waals surface area contributed by atoms with Crippen LogP contribution in [0.4, 0.5) is 5.69 Å². The Morgan fingerprint density at radius 2 is 1.79 bits per heavy atom. The Hall–Kier alpha value is -2.93. The highest BCUT2D eigenvalue weighted by Gasteiger charge is 2.22. The van der Waals surface area contributed by atoms with Crippen LogP contribution in [0.2, 0.25) is 5.02 Å². The van der Waals surface area contributed by atoms with E-state index in [1.54, 1.807) is 12.1 Å². The molecule has 1 atom stereocenters. The van der Waals surface area contributed by atoms with E-state index < -0.39 is 22.8 Å². The minimum atomic E-state index is -1.21. The molecule has 7 nitrogen and oxygen atoms in total. The van der Waals surface area contributed by atoms with Gasteiger partial charge < -0.3 is 10.4 Å². The fraction of sp³-hybridized carbons (Fsp3) is 0.125. The van der Waals surface area contributed by atoms with Gasteiger partial charge >= 0.3 is 5.97 Å². The number of amides is 1. The van der Waals surface area contributed by atoms with Crippen LogP contribution in [0.3, 0.4) is 0 Å².